The Morgan fingerprint density at radius 2 is 1.57 bits per heavy atom. The van der Waals surface area contributed by atoms with Crippen molar-refractivity contribution in [3.63, 3.8) is 0 Å². The lowest BCUT2D eigenvalue weighted by molar-refractivity contribution is -0.147. The van der Waals surface area contributed by atoms with Crippen LogP contribution >= 0.6 is 0 Å². The van der Waals surface area contributed by atoms with Crippen molar-refractivity contribution in [3.05, 3.63) is 0 Å². The lowest BCUT2D eigenvalue weighted by Gasteiger charge is -1.97. The van der Waals surface area contributed by atoms with Crippen LogP contribution in [0.4, 0.5) is 0 Å². The lowest BCUT2D eigenvalue weighted by atomic mass is 10.3. The Hall–Kier alpha value is -1.59. The summed E-state index contributed by atoms with van der Waals surface area (Å²) in [5.74, 6) is -2.27. The van der Waals surface area contributed by atoms with Gasteiger partial charge in [-0.2, -0.15) is 0 Å². The van der Waals surface area contributed by atoms with E-state index in [1.54, 1.807) is 6.92 Å². The quantitative estimate of drug-likeness (QED) is 0.649. The van der Waals surface area contributed by atoms with Gasteiger partial charge in [0.25, 0.3) is 5.97 Å². The molecule has 2 N–H and O–H groups in total. The number of hydrogen-bond donors (Lipinski definition) is 2. The number of carboxylic acids is 2. The highest BCUT2D eigenvalue weighted by Crippen LogP contribution is 1.91. The fourth-order valence-electron chi connectivity index (χ4n) is 0.442. The number of hydrogen-bond acceptors (Lipinski definition) is 4. The summed E-state index contributed by atoms with van der Waals surface area (Å²) >= 11 is 0. The van der Waals surface area contributed by atoms with Crippen molar-refractivity contribution in [3.8, 4) is 0 Å². The maximum Gasteiger partial charge on any atom is 0.306 e. The number of carboxylic acid groups (broad SMARTS) is 2. The van der Waals surface area contributed by atoms with Crippen molar-refractivity contribution in [2.24, 2.45) is 0 Å². The van der Waals surface area contributed by atoms with Crippen LogP contribution in [0.2, 0.25) is 0 Å². The number of aliphatic carboxylic acids is 2. The molecular formula is C8H14O6. The van der Waals surface area contributed by atoms with Crippen molar-refractivity contribution < 1.29 is 29.3 Å². The van der Waals surface area contributed by atoms with E-state index in [1.807, 2.05) is 0 Å². The van der Waals surface area contributed by atoms with E-state index in [0.717, 1.165) is 6.92 Å². The molecule has 0 aromatic carbocycles. The van der Waals surface area contributed by atoms with E-state index in [-0.39, 0.29) is 12.8 Å². The van der Waals surface area contributed by atoms with Gasteiger partial charge in [0.15, 0.2) is 0 Å². The smallest absolute Gasteiger partial charge is 0.306 e. The van der Waals surface area contributed by atoms with E-state index < -0.39 is 17.9 Å². The predicted octanol–water partition coefficient (Wildman–Crippen LogP) is 0.505. The van der Waals surface area contributed by atoms with E-state index >= 15 is 0 Å². The molecule has 0 saturated heterocycles. The van der Waals surface area contributed by atoms with Gasteiger partial charge in [-0.1, -0.05) is 0 Å². The molecule has 0 aliphatic heterocycles. The molecule has 0 radical (unpaired) electrons. The van der Waals surface area contributed by atoms with E-state index in [4.69, 9.17) is 15.0 Å². The normalized spacial score (nSPS) is 8.14. The fourth-order valence-corrected chi connectivity index (χ4v) is 0.442. The van der Waals surface area contributed by atoms with Gasteiger partial charge >= 0.3 is 11.9 Å². The summed E-state index contributed by atoms with van der Waals surface area (Å²) in [6, 6.07) is 0. The van der Waals surface area contributed by atoms with Gasteiger partial charge in [-0.25, -0.2) is 0 Å². The van der Waals surface area contributed by atoms with Crippen LogP contribution in [0, 0.1) is 0 Å². The Bertz CT molecular complexity index is 194. The first kappa shape index (κ1) is 14.9. The predicted molar refractivity (Wildman–Crippen MR) is 46.8 cm³/mol. The first-order valence-corrected chi connectivity index (χ1v) is 3.97. The van der Waals surface area contributed by atoms with Crippen LogP contribution in [0.1, 0.15) is 26.7 Å². The third kappa shape index (κ3) is 22.4. The Morgan fingerprint density at radius 1 is 1.14 bits per heavy atom. The summed E-state index contributed by atoms with van der Waals surface area (Å²) in [5, 5.41) is 15.5. The summed E-state index contributed by atoms with van der Waals surface area (Å²) in [5.41, 5.74) is 0. The number of carbonyl (C=O) groups excluding carboxylic acids is 1. The number of esters is 1. The summed E-state index contributed by atoms with van der Waals surface area (Å²) < 4.78 is 4.49. The standard InChI is InChI=1S/C6H10O4.C2H4O2/c1-2-10-6(9)4-3-5(7)8;1-2(3)4/h2-4H2,1H3,(H,7,8);1H3,(H,3,4). The molecule has 0 spiro atoms. The third-order valence-electron chi connectivity index (χ3n) is 0.848. The van der Waals surface area contributed by atoms with Gasteiger partial charge < -0.3 is 14.9 Å². The lowest BCUT2D eigenvalue weighted by Crippen LogP contribution is -2.06. The monoisotopic (exact) mass is 206 g/mol. The highest BCUT2D eigenvalue weighted by Gasteiger charge is 2.04. The molecule has 0 bridgehead atoms. The zero-order valence-corrected chi connectivity index (χ0v) is 8.15. The summed E-state index contributed by atoms with van der Waals surface area (Å²) in [7, 11) is 0. The molecule has 0 aliphatic carbocycles. The molecule has 6 heteroatoms. The molecule has 0 amide bonds. The van der Waals surface area contributed by atoms with Crippen LogP contribution in [0.15, 0.2) is 0 Å². The van der Waals surface area contributed by atoms with E-state index in [2.05, 4.69) is 4.74 Å². The second-order valence-electron chi connectivity index (χ2n) is 2.22. The molecule has 0 aromatic rings. The SMILES string of the molecule is CC(=O)O.CCOC(=O)CCC(=O)O. The maximum atomic E-state index is 10.5. The van der Waals surface area contributed by atoms with E-state index in [0.29, 0.717) is 6.61 Å². The molecular weight excluding hydrogens is 192 g/mol. The van der Waals surface area contributed by atoms with Crippen molar-refractivity contribution in [1.29, 1.82) is 0 Å². The first-order chi connectivity index (χ1) is 6.40. The highest BCUT2D eigenvalue weighted by atomic mass is 16.5. The van der Waals surface area contributed by atoms with Gasteiger partial charge in [0, 0.05) is 6.92 Å². The average molecular weight is 206 g/mol. The molecule has 0 saturated carbocycles. The van der Waals surface area contributed by atoms with Crippen LogP contribution in [-0.2, 0) is 19.1 Å². The molecule has 14 heavy (non-hydrogen) atoms. The zero-order valence-electron chi connectivity index (χ0n) is 8.15. The molecule has 0 atom stereocenters. The molecule has 0 heterocycles. The Labute approximate surface area is 81.5 Å². The topological polar surface area (TPSA) is 101 Å². The van der Waals surface area contributed by atoms with Gasteiger partial charge in [0.2, 0.25) is 0 Å². The Balaban J connectivity index is 0. The van der Waals surface area contributed by atoms with Crippen molar-refractivity contribution in [1.82, 2.24) is 0 Å². The molecule has 0 fully saturated rings. The van der Waals surface area contributed by atoms with Gasteiger partial charge in [-0.3, -0.25) is 14.4 Å². The minimum Gasteiger partial charge on any atom is -0.481 e. The van der Waals surface area contributed by atoms with Crippen molar-refractivity contribution >= 4 is 17.9 Å². The third-order valence-corrected chi connectivity index (χ3v) is 0.848. The van der Waals surface area contributed by atoms with Gasteiger partial charge in [-0.15, -0.1) is 0 Å². The number of carbonyl (C=O) groups is 3. The van der Waals surface area contributed by atoms with E-state index in [9.17, 15) is 9.59 Å². The zero-order chi connectivity index (χ0) is 11.6. The summed E-state index contributed by atoms with van der Waals surface area (Å²) in [6.45, 7) is 3.07. The number of rotatable bonds is 4. The van der Waals surface area contributed by atoms with Gasteiger partial charge in [-0.05, 0) is 6.92 Å². The second kappa shape index (κ2) is 9.50. The highest BCUT2D eigenvalue weighted by molar-refractivity contribution is 5.76. The van der Waals surface area contributed by atoms with Crippen LogP contribution in [0.25, 0.3) is 0 Å². The summed E-state index contributed by atoms with van der Waals surface area (Å²) in [6.07, 6.45) is -0.192. The molecule has 6 nitrogen and oxygen atoms in total. The van der Waals surface area contributed by atoms with Crippen LogP contribution in [0.3, 0.4) is 0 Å². The molecule has 0 unspecified atom stereocenters. The minimum atomic E-state index is -0.979. The maximum absolute atomic E-state index is 10.5. The molecule has 82 valence electrons. The van der Waals surface area contributed by atoms with Crippen molar-refractivity contribution in [2.75, 3.05) is 6.61 Å². The fraction of sp³-hybridized carbons (Fsp3) is 0.625. The minimum absolute atomic E-state index is 0.0385. The number of ether oxygens (including phenoxy) is 1. The Kier molecular flexibility index (Phi) is 10.1. The van der Waals surface area contributed by atoms with Gasteiger partial charge in [0.1, 0.15) is 0 Å². The van der Waals surface area contributed by atoms with Gasteiger partial charge in [0.05, 0.1) is 19.4 Å². The Morgan fingerprint density at radius 3 is 1.86 bits per heavy atom. The first-order valence-electron chi connectivity index (χ1n) is 3.97. The summed E-state index contributed by atoms with van der Waals surface area (Å²) in [4.78, 5) is 29.4. The van der Waals surface area contributed by atoms with Crippen LogP contribution in [-0.4, -0.2) is 34.7 Å². The second-order valence-corrected chi connectivity index (χ2v) is 2.22. The van der Waals surface area contributed by atoms with Crippen LogP contribution in [0.5, 0.6) is 0 Å². The average Bonchev–Trinajstić information content (AvgIpc) is 2.00. The van der Waals surface area contributed by atoms with E-state index in [1.165, 1.54) is 0 Å². The molecule has 0 aliphatic rings. The largest absolute Gasteiger partial charge is 0.481 e. The molecule has 0 rings (SSSR count). The van der Waals surface area contributed by atoms with Crippen LogP contribution < -0.4 is 0 Å². The molecule has 0 aromatic heterocycles. The van der Waals surface area contributed by atoms with Crippen molar-refractivity contribution in [2.45, 2.75) is 26.7 Å².